The lowest BCUT2D eigenvalue weighted by atomic mass is 10.1. The van der Waals surface area contributed by atoms with E-state index in [4.69, 9.17) is 4.98 Å². The molecule has 21 heavy (non-hydrogen) atoms. The van der Waals surface area contributed by atoms with Crippen LogP contribution in [0.5, 0.6) is 0 Å². The summed E-state index contributed by atoms with van der Waals surface area (Å²) in [5.41, 5.74) is 3.39. The third-order valence-electron chi connectivity index (χ3n) is 3.62. The van der Waals surface area contributed by atoms with Crippen molar-refractivity contribution in [3.05, 3.63) is 38.4 Å². The molecular weight excluding hydrogens is 394 g/mol. The minimum Gasteiger partial charge on any atom is -0.369 e. The smallest absolute Gasteiger partial charge is 0.161 e. The van der Waals surface area contributed by atoms with Gasteiger partial charge in [0.2, 0.25) is 0 Å². The Bertz CT molecular complexity index is 681. The molecule has 1 aromatic carbocycles. The maximum Gasteiger partial charge on any atom is 0.161 e. The molecule has 110 valence electrons. The lowest BCUT2D eigenvalue weighted by Crippen LogP contribution is -2.05. The molecule has 1 aromatic heterocycles. The number of aryl methyl sites for hydroxylation is 1. The van der Waals surface area contributed by atoms with E-state index in [1.165, 1.54) is 18.4 Å². The molecule has 1 heterocycles. The van der Waals surface area contributed by atoms with Crippen molar-refractivity contribution in [2.45, 2.75) is 32.6 Å². The summed E-state index contributed by atoms with van der Waals surface area (Å²) in [7, 11) is 0. The zero-order valence-electron chi connectivity index (χ0n) is 12.1. The molecule has 1 aliphatic rings. The number of hydrogen-bond acceptors (Lipinski definition) is 3. The van der Waals surface area contributed by atoms with Crippen LogP contribution in [-0.4, -0.2) is 16.5 Å². The minimum atomic E-state index is 0.576. The Morgan fingerprint density at radius 2 is 2.00 bits per heavy atom. The van der Waals surface area contributed by atoms with Crippen LogP contribution < -0.4 is 5.32 Å². The van der Waals surface area contributed by atoms with Crippen LogP contribution in [0.4, 0.5) is 5.82 Å². The Labute approximate surface area is 141 Å². The zero-order chi connectivity index (χ0) is 15.0. The molecule has 0 atom stereocenters. The van der Waals surface area contributed by atoms with E-state index in [-0.39, 0.29) is 0 Å². The van der Waals surface area contributed by atoms with E-state index in [9.17, 15) is 0 Å². The maximum atomic E-state index is 4.80. The normalized spacial score (nSPS) is 14.3. The summed E-state index contributed by atoms with van der Waals surface area (Å²) in [5, 5.41) is 3.33. The van der Waals surface area contributed by atoms with E-state index in [2.05, 4.69) is 74.2 Å². The van der Waals surface area contributed by atoms with Crippen LogP contribution in [0.25, 0.3) is 11.4 Å². The van der Waals surface area contributed by atoms with Crippen LogP contribution in [0.3, 0.4) is 0 Å². The predicted molar refractivity (Wildman–Crippen MR) is 93.7 cm³/mol. The van der Waals surface area contributed by atoms with Crippen LogP contribution in [0.15, 0.2) is 27.1 Å². The van der Waals surface area contributed by atoms with Gasteiger partial charge in [0.15, 0.2) is 5.82 Å². The minimum absolute atomic E-state index is 0.576. The van der Waals surface area contributed by atoms with E-state index < -0.39 is 0 Å². The third-order valence-corrected chi connectivity index (χ3v) is 5.25. The maximum absolute atomic E-state index is 4.80. The summed E-state index contributed by atoms with van der Waals surface area (Å²) in [5.74, 6) is 2.25. The van der Waals surface area contributed by atoms with Gasteiger partial charge in [-0.2, -0.15) is 0 Å². The molecule has 1 N–H and O–H groups in total. The highest BCUT2D eigenvalue weighted by Crippen LogP contribution is 2.44. The van der Waals surface area contributed by atoms with Gasteiger partial charge in [-0.1, -0.05) is 28.1 Å². The molecule has 1 saturated carbocycles. The first-order chi connectivity index (χ1) is 10.1. The first-order valence-corrected chi connectivity index (χ1v) is 8.76. The highest BCUT2D eigenvalue weighted by Gasteiger charge is 2.29. The van der Waals surface area contributed by atoms with Crippen molar-refractivity contribution in [2.75, 3.05) is 11.9 Å². The van der Waals surface area contributed by atoms with Gasteiger partial charge >= 0.3 is 0 Å². The van der Waals surface area contributed by atoms with Crippen molar-refractivity contribution in [2.24, 2.45) is 0 Å². The summed E-state index contributed by atoms with van der Waals surface area (Å²) >= 11 is 7.25. The number of hydrogen-bond donors (Lipinski definition) is 1. The summed E-state index contributed by atoms with van der Waals surface area (Å²) in [6.45, 7) is 5.00. The van der Waals surface area contributed by atoms with Gasteiger partial charge in [0, 0.05) is 22.5 Å². The second-order valence-electron chi connectivity index (χ2n) is 5.36. The molecule has 1 aliphatic carbocycles. The predicted octanol–water partition coefficient (Wildman–Crippen LogP) is 5.29. The molecule has 2 aromatic rings. The van der Waals surface area contributed by atoms with Crippen molar-refractivity contribution in [3.63, 3.8) is 0 Å². The standard InChI is InChI=1S/C16H17Br2N3/c1-3-19-16-13(18)14(10-6-7-10)20-15(21-16)11-5-4-9(2)12(17)8-11/h4-5,8,10H,3,6-7H2,1-2H3,(H,19,20,21). The van der Waals surface area contributed by atoms with E-state index in [0.29, 0.717) is 5.92 Å². The first kappa shape index (κ1) is 15.0. The molecule has 3 nitrogen and oxygen atoms in total. The fraction of sp³-hybridized carbons (Fsp3) is 0.375. The fourth-order valence-corrected chi connectivity index (χ4v) is 3.26. The van der Waals surface area contributed by atoms with Gasteiger partial charge in [0.1, 0.15) is 5.82 Å². The van der Waals surface area contributed by atoms with E-state index in [1.54, 1.807) is 0 Å². The highest BCUT2D eigenvalue weighted by atomic mass is 79.9. The Hall–Kier alpha value is -0.940. The van der Waals surface area contributed by atoms with Crippen molar-refractivity contribution in [1.29, 1.82) is 0 Å². The Morgan fingerprint density at radius 3 is 2.62 bits per heavy atom. The number of nitrogens with zero attached hydrogens (tertiary/aromatic N) is 2. The van der Waals surface area contributed by atoms with Crippen molar-refractivity contribution < 1.29 is 0 Å². The Kier molecular flexibility index (Phi) is 4.31. The van der Waals surface area contributed by atoms with Gasteiger partial charge in [-0.15, -0.1) is 0 Å². The number of benzene rings is 1. The van der Waals surface area contributed by atoms with Gasteiger partial charge in [0.25, 0.3) is 0 Å². The molecule has 0 aliphatic heterocycles. The van der Waals surface area contributed by atoms with Crippen LogP contribution in [-0.2, 0) is 0 Å². The monoisotopic (exact) mass is 409 g/mol. The molecule has 0 unspecified atom stereocenters. The number of aromatic nitrogens is 2. The summed E-state index contributed by atoms with van der Waals surface area (Å²) in [6, 6.07) is 6.26. The zero-order valence-corrected chi connectivity index (χ0v) is 15.3. The number of nitrogens with one attached hydrogen (secondary N) is 1. The Balaban J connectivity index is 2.10. The molecule has 0 radical (unpaired) electrons. The average Bonchev–Trinajstić information content (AvgIpc) is 3.29. The second kappa shape index (κ2) is 6.05. The van der Waals surface area contributed by atoms with Crippen LogP contribution >= 0.6 is 31.9 Å². The van der Waals surface area contributed by atoms with E-state index in [0.717, 1.165) is 38.4 Å². The summed E-state index contributed by atoms with van der Waals surface area (Å²) in [4.78, 5) is 9.48. The largest absolute Gasteiger partial charge is 0.369 e. The third kappa shape index (κ3) is 3.14. The van der Waals surface area contributed by atoms with Crippen molar-refractivity contribution in [1.82, 2.24) is 9.97 Å². The lowest BCUT2D eigenvalue weighted by molar-refractivity contribution is 0.973. The van der Waals surface area contributed by atoms with Crippen LogP contribution in [0.2, 0.25) is 0 Å². The number of halogens is 2. The summed E-state index contributed by atoms with van der Waals surface area (Å²) in [6.07, 6.45) is 2.44. The lowest BCUT2D eigenvalue weighted by Gasteiger charge is -2.12. The van der Waals surface area contributed by atoms with E-state index >= 15 is 0 Å². The topological polar surface area (TPSA) is 37.8 Å². The van der Waals surface area contributed by atoms with Gasteiger partial charge in [-0.25, -0.2) is 9.97 Å². The summed E-state index contributed by atoms with van der Waals surface area (Å²) < 4.78 is 2.10. The van der Waals surface area contributed by atoms with Gasteiger partial charge in [-0.3, -0.25) is 0 Å². The molecular formula is C16H17Br2N3. The number of rotatable bonds is 4. The van der Waals surface area contributed by atoms with Gasteiger partial charge < -0.3 is 5.32 Å². The molecule has 0 amide bonds. The highest BCUT2D eigenvalue weighted by molar-refractivity contribution is 9.11. The first-order valence-electron chi connectivity index (χ1n) is 7.18. The van der Waals surface area contributed by atoms with Crippen LogP contribution in [0.1, 0.15) is 36.9 Å². The van der Waals surface area contributed by atoms with E-state index in [1.807, 2.05) is 0 Å². The molecule has 0 saturated heterocycles. The second-order valence-corrected chi connectivity index (χ2v) is 7.01. The molecule has 0 spiro atoms. The van der Waals surface area contributed by atoms with Crippen molar-refractivity contribution >= 4 is 37.7 Å². The van der Waals surface area contributed by atoms with Crippen LogP contribution in [0, 0.1) is 6.92 Å². The molecule has 1 fully saturated rings. The SMILES string of the molecule is CCNc1nc(-c2ccc(C)c(Br)c2)nc(C2CC2)c1Br. The number of anilines is 1. The quantitative estimate of drug-likeness (QED) is 0.744. The fourth-order valence-electron chi connectivity index (χ4n) is 2.24. The molecule has 0 bridgehead atoms. The molecule has 3 rings (SSSR count). The average molecular weight is 411 g/mol. The Morgan fingerprint density at radius 1 is 1.24 bits per heavy atom. The van der Waals surface area contributed by atoms with Gasteiger partial charge in [0.05, 0.1) is 10.2 Å². The van der Waals surface area contributed by atoms with Gasteiger partial charge in [-0.05, 0) is 54.2 Å². The molecule has 5 heteroatoms. The van der Waals surface area contributed by atoms with Crippen molar-refractivity contribution in [3.8, 4) is 11.4 Å².